The second-order valence-electron chi connectivity index (χ2n) is 5.01. The molecule has 19 heavy (non-hydrogen) atoms. The lowest BCUT2D eigenvalue weighted by Crippen LogP contribution is -2.30. The molecule has 104 valence electrons. The third-order valence-electron chi connectivity index (χ3n) is 3.13. The van der Waals surface area contributed by atoms with Crippen LogP contribution in [0.2, 0.25) is 0 Å². The van der Waals surface area contributed by atoms with Gasteiger partial charge in [0.05, 0.1) is 12.0 Å². The summed E-state index contributed by atoms with van der Waals surface area (Å²) < 4.78 is 5.49. The lowest BCUT2D eigenvalue weighted by Gasteiger charge is -2.18. The molecule has 1 heterocycles. The first kappa shape index (κ1) is 13.6. The zero-order valence-electron chi connectivity index (χ0n) is 11.2. The first-order valence-electron chi connectivity index (χ1n) is 6.55. The Balaban J connectivity index is 2.04. The Kier molecular flexibility index (Phi) is 4.19. The van der Waals surface area contributed by atoms with Crippen molar-refractivity contribution >= 4 is 11.9 Å². The molecule has 6 heteroatoms. The molecule has 1 fully saturated rings. The Bertz CT molecular complexity index is 451. The molecule has 1 aromatic heterocycles. The van der Waals surface area contributed by atoms with E-state index < -0.39 is 5.97 Å². The minimum atomic E-state index is -0.760. The second kappa shape index (κ2) is 5.86. The van der Waals surface area contributed by atoms with E-state index in [0.29, 0.717) is 18.2 Å². The molecule has 1 aliphatic rings. The average Bonchev–Trinajstić information content (AvgIpc) is 2.76. The van der Waals surface area contributed by atoms with Gasteiger partial charge < -0.3 is 15.2 Å². The minimum absolute atomic E-state index is 0.0426. The molecule has 0 aromatic carbocycles. The maximum atomic E-state index is 11.1. The van der Waals surface area contributed by atoms with Gasteiger partial charge in [0.15, 0.2) is 0 Å². The van der Waals surface area contributed by atoms with Crippen LogP contribution in [-0.2, 0) is 4.79 Å². The molecule has 1 aromatic rings. The molecule has 2 rings (SSSR count). The fourth-order valence-electron chi connectivity index (χ4n) is 2.31. The van der Waals surface area contributed by atoms with Crippen molar-refractivity contribution in [2.24, 2.45) is 5.92 Å². The zero-order valence-corrected chi connectivity index (χ0v) is 11.2. The van der Waals surface area contributed by atoms with E-state index in [1.165, 1.54) is 0 Å². The third kappa shape index (κ3) is 3.56. The van der Waals surface area contributed by atoms with Crippen LogP contribution in [0.1, 0.15) is 33.1 Å². The number of anilines is 1. The number of hydrogen-bond donors (Lipinski definition) is 2. The molecule has 0 radical (unpaired) electrons. The Labute approximate surface area is 112 Å². The maximum Gasteiger partial charge on any atom is 0.308 e. The van der Waals surface area contributed by atoms with Crippen LogP contribution in [0.3, 0.4) is 0 Å². The number of carboxylic acid groups (broad SMARTS) is 1. The molecule has 0 saturated heterocycles. The van der Waals surface area contributed by atoms with Crippen LogP contribution in [0.5, 0.6) is 5.88 Å². The molecular weight excluding hydrogens is 246 g/mol. The Morgan fingerprint density at radius 2 is 2.32 bits per heavy atom. The highest BCUT2D eigenvalue weighted by molar-refractivity contribution is 5.72. The first-order valence-corrected chi connectivity index (χ1v) is 6.55. The Hall–Kier alpha value is -1.85. The molecule has 6 nitrogen and oxygen atoms in total. The van der Waals surface area contributed by atoms with Gasteiger partial charge in [0.1, 0.15) is 0 Å². The van der Waals surface area contributed by atoms with E-state index in [9.17, 15) is 4.79 Å². The monoisotopic (exact) mass is 265 g/mol. The van der Waals surface area contributed by atoms with Crippen LogP contribution in [0.15, 0.2) is 12.3 Å². The van der Waals surface area contributed by atoms with E-state index in [0.717, 1.165) is 12.8 Å². The lowest BCUT2D eigenvalue weighted by molar-refractivity contribution is -0.141. The van der Waals surface area contributed by atoms with Crippen LogP contribution in [0, 0.1) is 5.92 Å². The van der Waals surface area contributed by atoms with Crippen LogP contribution >= 0.6 is 0 Å². The molecule has 1 saturated carbocycles. The van der Waals surface area contributed by atoms with Crippen LogP contribution in [0.25, 0.3) is 0 Å². The summed E-state index contributed by atoms with van der Waals surface area (Å²) in [7, 11) is 0. The van der Waals surface area contributed by atoms with E-state index in [2.05, 4.69) is 15.3 Å². The van der Waals surface area contributed by atoms with Crippen molar-refractivity contribution < 1.29 is 14.6 Å². The number of carboxylic acids is 1. The van der Waals surface area contributed by atoms with Crippen LogP contribution < -0.4 is 10.1 Å². The first-order chi connectivity index (χ1) is 9.06. The topological polar surface area (TPSA) is 84.3 Å². The smallest absolute Gasteiger partial charge is 0.308 e. The lowest BCUT2D eigenvalue weighted by atomic mass is 10.0. The average molecular weight is 265 g/mol. The van der Waals surface area contributed by atoms with Gasteiger partial charge >= 0.3 is 5.97 Å². The fraction of sp³-hybridized carbons (Fsp3) is 0.615. The summed E-state index contributed by atoms with van der Waals surface area (Å²) in [5.74, 6) is -0.198. The number of aliphatic carboxylic acids is 1. The number of carbonyl (C=O) groups is 1. The molecule has 0 aliphatic heterocycles. The van der Waals surface area contributed by atoms with Crippen LogP contribution in [0.4, 0.5) is 5.95 Å². The summed E-state index contributed by atoms with van der Waals surface area (Å²) in [5, 5.41) is 12.2. The molecule has 0 amide bonds. The van der Waals surface area contributed by atoms with Crippen molar-refractivity contribution in [3.63, 3.8) is 0 Å². The summed E-state index contributed by atoms with van der Waals surface area (Å²) in [4.78, 5) is 19.5. The summed E-state index contributed by atoms with van der Waals surface area (Å²) in [5.41, 5.74) is 0. The number of nitrogens with zero attached hydrogens (tertiary/aromatic N) is 2. The van der Waals surface area contributed by atoms with Crippen molar-refractivity contribution in [3.8, 4) is 5.88 Å². The fourth-order valence-corrected chi connectivity index (χ4v) is 2.31. The SMILES string of the molecule is CC(C)Oc1ccnc(NC2CCCC2C(=O)O)n1. The van der Waals surface area contributed by atoms with E-state index >= 15 is 0 Å². The number of rotatable bonds is 5. The van der Waals surface area contributed by atoms with Gasteiger partial charge in [0.25, 0.3) is 0 Å². The normalized spacial score (nSPS) is 22.5. The van der Waals surface area contributed by atoms with Crippen molar-refractivity contribution in [3.05, 3.63) is 12.3 Å². The minimum Gasteiger partial charge on any atom is -0.481 e. The summed E-state index contributed by atoms with van der Waals surface area (Å²) in [6.07, 6.45) is 4.10. The number of nitrogens with one attached hydrogen (secondary N) is 1. The van der Waals surface area contributed by atoms with Crippen molar-refractivity contribution in [1.82, 2.24) is 9.97 Å². The quantitative estimate of drug-likeness (QED) is 0.846. The van der Waals surface area contributed by atoms with E-state index in [4.69, 9.17) is 9.84 Å². The third-order valence-corrected chi connectivity index (χ3v) is 3.13. The molecule has 0 spiro atoms. The van der Waals surface area contributed by atoms with Crippen LogP contribution in [-0.4, -0.2) is 33.2 Å². The highest BCUT2D eigenvalue weighted by Crippen LogP contribution is 2.28. The molecule has 2 unspecified atom stereocenters. The molecule has 2 N–H and O–H groups in total. The van der Waals surface area contributed by atoms with E-state index in [-0.39, 0.29) is 18.1 Å². The second-order valence-corrected chi connectivity index (χ2v) is 5.01. The summed E-state index contributed by atoms with van der Waals surface area (Å²) in [6, 6.07) is 1.58. The van der Waals surface area contributed by atoms with Gasteiger partial charge in [-0.25, -0.2) is 4.98 Å². The number of hydrogen-bond acceptors (Lipinski definition) is 5. The zero-order chi connectivity index (χ0) is 13.8. The highest BCUT2D eigenvalue weighted by Gasteiger charge is 2.33. The van der Waals surface area contributed by atoms with Crippen molar-refractivity contribution in [2.45, 2.75) is 45.3 Å². The van der Waals surface area contributed by atoms with Crippen molar-refractivity contribution in [2.75, 3.05) is 5.32 Å². The van der Waals surface area contributed by atoms with Crippen molar-refractivity contribution in [1.29, 1.82) is 0 Å². The maximum absolute atomic E-state index is 11.1. The molecular formula is C13H19N3O3. The largest absolute Gasteiger partial charge is 0.481 e. The molecule has 1 aliphatic carbocycles. The van der Waals surface area contributed by atoms with Gasteiger partial charge in [0, 0.05) is 18.3 Å². The standard InChI is InChI=1S/C13H19N3O3/c1-8(2)19-11-6-7-14-13(16-11)15-10-5-3-4-9(10)12(17)18/h6-10H,3-5H2,1-2H3,(H,17,18)(H,14,15,16). The number of ether oxygens (including phenoxy) is 1. The van der Waals surface area contributed by atoms with E-state index in [1.54, 1.807) is 12.3 Å². The predicted octanol–water partition coefficient (Wildman–Crippen LogP) is 1.93. The molecule has 2 atom stereocenters. The van der Waals surface area contributed by atoms with Gasteiger partial charge in [-0.15, -0.1) is 0 Å². The molecule has 0 bridgehead atoms. The van der Waals surface area contributed by atoms with Gasteiger partial charge in [0.2, 0.25) is 11.8 Å². The van der Waals surface area contributed by atoms with E-state index in [1.807, 2.05) is 13.8 Å². The van der Waals surface area contributed by atoms with Gasteiger partial charge in [-0.2, -0.15) is 4.98 Å². The predicted molar refractivity (Wildman–Crippen MR) is 70.2 cm³/mol. The summed E-state index contributed by atoms with van der Waals surface area (Å²) >= 11 is 0. The Morgan fingerprint density at radius 3 is 3.00 bits per heavy atom. The Morgan fingerprint density at radius 1 is 1.53 bits per heavy atom. The highest BCUT2D eigenvalue weighted by atomic mass is 16.5. The van der Waals surface area contributed by atoms with Gasteiger partial charge in [-0.1, -0.05) is 6.42 Å². The van der Waals surface area contributed by atoms with Gasteiger partial charge in [-0.3, -0.25) is 4.79 Å². The summed E-state index contributed by atoms with van der Waals surface area (Å²) in [6.45, 7) is 3.85. The van der Waals surface area contributed by atoms with Gasteiger partial charge in [-0.05, 0) is 26.7 Å². The number of aromatic nitrogens is 2.